The van der Waals surface area contributed by atoms with Gasteiger partial charge in [0.05, 0.1) is 30.3 Å². The second kappa shape index (κ2) is 7.44. The van der Waals surface area contributed by atoms with Crippen molar-refractivity contribution >= 4 is 44.0 Å². The van der Waals surface area contributed by atoms with Gasteiger partial charge in [0.15, 0.2) is 9.84 Å². The van der Waals surface area contributed by atoms with E-state index < -0.39 is 9.84 Å². The molecule has 1 amide bonds. The quantitative estimate of drug-likeness (QED) is 0.564. The fraction of sp³-hybridized carbons (Fsp3) is 0.400. The van der Waals surface area contributed by atoms with Crippen LogP contribution >= 0.6 is 22.6 Å². The molecule has 22 heavy (non-hydrogen) atoms. The van der Waals surface area contributed by atoms with Crippen molar-refractivity contribution in [1.82, 2.24) is 4.90 Å². The normalized spacial score (nSPS) is 19.8. The summed E-state index contributed by atoms with van der Waals surface area (Å²) in [5.74, 6) is 2.55. The Balaban J connectivity index is 2.01. The van der Waals surface area contributed by atoms with Crippen molar-refractivity contribution in [2.75, 3.05) is 29.9 Å². The van der Waals surface area contributed by atoms with Gasteiger partial charge < -0.3 is 5.32 Å². The van der Waals surface area contributed by atoms with Crippen LogP contribution in [0.25, 0.3) is 0 Å². The van der Waals surface area contributed by atoms with Crippen molar-refractivity contribution in [3.8, 4) is 12.3 Å². The summed E-state index contributed by atoms with van der Waals surface area (Å²) in [5.41, 5.74) is 0.743. The zero-order valence-corrected chi connectivity index (χ0v) is 14.9. The number of para-hydroxylation sites is 1. The second-order valence-electron chi connectivity index (χ2n) is 5.19. The van der Waals surface area contributed by atoms with Crippen LogP contribution in [0.15, 0.2) is 24.3 Å². The molecule has 118 valence electrons. The van der Waals surface area contributed by atoms with Crippen molar-refractivity contribution in [2.45, 2.75) is 12.5 Å². The van der Waals surface area contributed by atoms with Gasteiger partial charge in [0.1, 0.15) is 0 Å². The second-order valence-corrected chi connectivity index (χ2v) is 8.58. The molecule has 1 heterocycles. The number of sulfone groups is 1. The first-order valence-corrected chi connectivity index (χ1v) is 9.73. The van der Waals surface area contributed by atoms with Crippen molar-refractivity contribution in [1.29, 1.82) is 0 Å². The van der Waals surface area contributed by atoms with Crippen LogP contribution in [0.2, 0.25) is 0 Å². The largest absolute Gasteiger partial charge is 0.324 e. The molecule has 5 nitrogen and oxygen atoms in total. The van der Waals surface area contributed by atoms with Gasteiger partial charge in [-0.15, -0.1) is 6.42 Å². The minimum Gasteiger partial charge on any atom is -0.324 e. The van der Waals surface area contributed by atoms with Crippen LogP contribution < -0.4 is 5.32 Å². The molecule has 1 aromatic rings. The number of nitrogens with one attached hydrogen (secondary N) is 1. The zero-order valence-electron chi connectivity index (χ0n) is 12.0. The lowest BCUT2D eigenvalue weighted by molar-refractivity contribution is -0.117. The summed E-state index contributed by atoms with van der Waals surface area (Å²) < 4.78 is 24.1. The van der Waals surface area contributed by atoms with E-state index in [-0.39, 0.29) is 36.5 Å². The Morgan fingerprint density at radius 3 is 2.77 bits per heavy atom. The molecule has 1 N–H and O–H groups in total. The maximum Gasteiger partial charge on any atom is 0.238 e. The third-order valence-corrected chi connectivity index (χ3v) is 6.20. The number of benzene rings is 1. The molecule has 1 aliphatic heterocycles. The van der Waals surface area contributed by atoms with Gasteiger partial charge in [0, 0.05) is 9.61 Å². The first-order valence-electron chi connectivity index (χ1n) is 6.83. The number of anilines is 1. The lowest BCUT2D eigenvalue weighted by Gasteiger charge is -2.25. The molecule has 0 aliphatic carbocycles. The van der Waals surface area contributed by atoms with Gasteiger partial charge in [0.2, 0.25) is 5.91 Å². The van der Waals surface area contributed by atoms with Crippen LogP contribution in [-0.4, -0.2) is 49.9 Å². The van der Waals surface area contributed by atoms with Crippen molar-refractivity contribution in [3.05, 3.63) is 27.8 Å². The Morgan fingerprint density at radius 2 is 2.18 bits per heavy atom. The summed E-state index contributed by atoms with van der Waals surface area (Å²) in [7, 11) is -3.00. The van der Waals surface area contributed by atoms with Crippen LogP contribution in [0.1, 0.15) is 6.42 Å². The number of carbonyl (C=O) groups is 1. The van der Waals surface area contributed by atoms with Crippen LogP contribution in [0.3, 0.4) is 0 Å². The molecule has 0 saturated carbocycles. The molecule has 2 rings (SSSR count). The number of hydrogen-bond donors (Lipinski definition) is 1. The zero-order chi connectivity index (χ0) is 16.2. The Kier molecular flexibility index (Phi) is 5.83. The average Bonchev–Trinajstić information content (AvgIpc) is 2.81. The molecule has 0 aromatic heterocycles. The highest BCUT2D eigenvalue weighted by atomic mass is 127. The molecule has 1 saturated heterocycles. The summed E-state index contributed by atoms with van der Waals surface area (Å²) >= 11 is 2.15. The maximum atomic E-state index is 12.2. The first-order chi connectivity index (χ1) is 10.4. The molecule has 0 bridgehead atoms. The SMILES string of the molecule is C#CCN(CC(=O)Nc1ccccc1I)C1CCS(=O)(=O)C1. The van der Waals surface area contributed by atoms with E-state index in [1.165, 1.54) is 0 Å². The van der Waals surface area contributed by atoms with Crippen molar-refractivity contribution in [2.24, 2.45) is 0 Å². The Hall–Kier alpha value is -1.11. The van der Waals surface area contributed by atoms with E-state index in [0.717, 1.165) is 9.26 Å². The lowest BCUT2D eigenvalue weighted by Crippen LogP contribution is -2.41. The van der Waals surface area contributed by atoms with Gasteiger partial charge in [-0.05, 0) is 41.1 Å². The topological polar surface area (TPSA) is 66.5 Å². The Bertz CT molecular complexity index is 697. The summed E-state index contributed by atoms with van der Waals surface area (Å²) in [6.45, 7) is 0.356. The molecule has 7 heteroatoms. The van der Waals surface area contributed by atoms with Crippen LogP contribution in [0, 0.1) is 15.9 Å². The molecular formula is C15H17IN2O3S. The number of hydrogen-bond acceptors (Lipinski definition) is 4. The predicted molar refractivity (Wildman–Crippen MR) is 95.3 cm³/mol. The van der Waals surface area contributed by atoms with Gasteiger partial charge in [0.25, 0.3) is 0 Å². The van der Waals surface area contributed by atoms with E-state index in [2.05, 4.69) is 33.8 Å². The Morgan fingerprint density at radius 1 is 1.45 bits per heavy atom. The lowest BCUT2D eigenvalue weighted by atomic mass is 10.2. The molecule has 1 aromatic carbocycles. The molecule has 1 atom stereocenters. The predicted octanol–water partition coefficient (Wildman–Crippen LogP) is 1.35. The van der Waals surface area contributed by atoms with Gasteiger partial charge in [-0.2, -0.15) is 0 Å². The third kappa shape index (κ3) is 4.69. The molecule has 0 radical (unpaired) electrons. The van der Waals surface area contributed by atoms with Gasteiger partial charge in [-0.25, -0.2) is 8.42 Å². The molecule has 0 spiro atoms. The van der Waals surface area contributed by atoms with E-state index in [4.69, 9.17) is 6.42 Å². The van der Waals surface area contributed by atoms with E-state index in [0.29, 0.717) is 6.42 Å². The number of nitrogens with zero attached hydrogens (tertiary/aromatic N) is 1. The molecule has 1 aliphatic rings. The monoisotopic (exact) mass is 432 g/mol. The van der Waals surface area contributed by atoms with E-state index >= 15 is 0 Å². The summed E-state index contributed by atoms with van der Waals surface area (Å²) in [4.78, 5) is 14.0. The highest BCUT2D eigenvalue weighted by Crippen LogP contribution is 2.19. The molecular weight excluding hydrogens is 415 g/mol. The average molecular weight is 432 g/mol. The number of terminal acetylenes is 1. The van der Waals surface area contributed by atoms with E-state index in [1.54, 1.807) is 4.90 Å². The standard InChI is InChI=1S/C15H17IN2O3S/c1-2-8-18(12-7-9-22(20,21)11-12)10-15(19)17-14-6-4-3-5-13(14)16/h1,3-6,12H,7-11H2,(H,17,19). The number of carbonyl (C=O) groups excluding carboxylic acids is 1. The number of halogens is 1. The summed E-state index contributed by atoms with van der Waals surface area (Å²) in [6, 6.07) is 7.29. The van der Waals surface area contributed by atoms with Crippen molar-refractivity contribution < 1.29 is 13.2 Å². The van der Waals surface area contributed by atoms with Crippen LogP contribution in [0.4, 0.5) is 5.69 Å². The fourth-order valence-corrected chi connectivity index (χ4v) is 4.72. The van der Waals surface area contributed by atoms with Crippen molar-refractivity contribution in [3.63, 3.8) is 0 Å². The van der Waals surface area contributed by atoms with Crippen LogP contribution in [0.5, 0.6) is 0 Å². The molecule has 1 unspecified atom stereocenters. The summed E-state index contributed by atoms with van der Waals surface area (Å²) in [5, 5.41) is 2.84. The first kappa shape index (κ1) is 17.2. The van der Waals surface area contributed by atoms with E-state index in [1.807, 2.05) is 24.3 Å². The molecule has 1 fully saturated rings. The smallest absolute Gasteiger partial charge is 0.238 e. The van der Waals surface area contributed by atoms with Gasteiger partial charge in [-0.1, -0.05) is 18.1 Å². The highest BCUT2D eigenvalue weighted by Gasteiger charge is 2.32. The maximum absolute atomic E-state index is 12.2. The number of amides is 1. The minimum absolute atomic E-state index is 0.0742. The number of rotatable bonds is 5. The van der Waals surface area contributed by atoms with Crippen LogP contribution in [-0.2, 0) is 14.6 Å². The summed E-state index contributed by atoms with van der Waals surface area (Å²) in [6.07, 6.45) is 5.87. The third-order valence-electron chi connectivity index (χ3n) is 3.51. The highest BCUT2D eigenvalue weighted by molar-refractivity contribution is 14.1. The Labute approximate surface area is 144 Å². The minimum atomic E-state index is -3.00. The van der Waals surface area contributed by atoms with Gasteiger partial charge >= 0.3 is 0 Å². The van der Waals surface area contributed by atoms with Gasteiger partial charge in [-0.3, -0.25) is 9.69 Å². The fourth-order valence-electron chi connectivity index (χ4n) is 2.43. The van der Waals surface area contributed by atoms with E-state index in [9.17, 15) is 13.2 Å².